The molecule has 1 amide bonds. The fraction of sp³-hybridized carbons (Fsp3) is 0.480. The van der Waals surface area contributed by atoms with Crippen LogP contribution in [0.1, 0.15) is 25.7 Å². The van der Waals surface area contributed by atoms with Crippen molar-refractivity contribution in [1.82, 2.24) is 24.2 Å². The summed E-state index contributed by atoms with van der Waals surface area (Å²) in [5.41, 5.74) is 2.12. The van der Waals surface area contributed by atoms with Gasteiger partial charge in [-0.25, -0.2) is 23.2 Å². The Bertz CT molecular complexity index is 1360. The van der Waals surface area contributed by atoms with Crippen molar-refractivity contribution in [3.05, 3.63) is 42.7 Å². The smallest absolute Gasteiger partial charge is 0.252 e. The Labute approximate surface area is 216 Å². The number of sulfonamides is 1. The third-order valence-electron chi connectivity index (χ3n) is 7.14. The fourth-order valence-electron chi connectivity index (χ4n) is 5.31. The number of benzene rings is 1. The largest absolute Gasteiger partial charge is 0.367 e. The molecule has 1 aliphatic carbocycles. The molecule has 1 saturated carbocycles. The number of piperazine rings is 1. The SMILES string of the molecule is CS(=O)(=O)NC1CCC(Nc2nccc(-n3ccc4c(N5CCN(C(=O)C[O])CC5)cccc43)n2)CC1. The summed E-state index contributed by atoms with van der Waals surface area (Å²) >= 11 is 0. The molecule has 12 heteroatoms. The van der Waals surface area contributed by atoms with Gasteiger partial charge in [0.05, 0.1) is 11.8 Å². The highest BCUT2D eigenvalue weighted by Crippen LogP contribution is 2.30. The third kappa shape index (κ3) is 5.86. The molecule has 5 rings (SSSR count). The minimum absolute atomic E-state index is 0.0177. The molecule has 1 aromatic carbocycles. The molecule has 3 aromatic rings. The van der Waals surface area contributed by atoms with Gasteiger partial charge >= 0.3 is 0 Å². The maximum Gasteiger partial charge on any atom is 0.252 e. The van der Waals surface area contributed by atoms with E-state index in [1.807, 2.05) is 22.9 Å². The van der Waals surface area contributed by atoms with Crippen LogP contribution in [0.25, 0.3) is 16.7 Å². The first kappa shape index (κ1) is 25.4. The van der Waals surface area contributed by atoms with Crippen molar-refractivity contribution in [2.75, 3.05) is 49.3 Å². The van der Waals surface area contributed by atoms with Gasteiger partial charge in [-0.15, -0.1) is 0 Å². The number of hydrogen-bond acceptors (Lipinski definition) is 7. The van der Waals surface area contributed by atoms with Gasteiger partial charge in [0, 0.05) is 61.7 Å². The lowest BCUT2D eigenvalue weighted by Gasteiger charge is -2.36. The highest BCUT2D eigenvalue weighted by molar-refractivity contribution is 7.88. The predicted octanol–water partition coefficient (Wildman–Crippen LogP) is 1.77. The number of aromatic nitrogens is 3. The maximum absolute atomic E-state index is 11.7. The molecular formula is C25H32N7O4S. The van der Waals surface area contributed by atoms with Crippen LogP contribution in [0.4, 0.5) is 11.6 Å². The van der Waals surface area contributed by atoms with Gasteiger partial charge in [-0.3, -0.25) is 4.79 Å². The minimum Gasteiger partial charge on any atom is -0.367 e. The summed E-state index contributed by atoms with van der Waals surface area (Å²) in [6.07, 6.45) is 8.16. The highest BCUT2D eigenvalue weighted by Gasteiger charge is 2.24. The number of anilines is 2. The molecule has 0 atom stereocenters. The van der Waals surface area contributed by atoms with Crippen molar-refractivity contribution in [1.29, 1.82) is 0 Å². The lowest BCUT2D eigenvalue weighted by Crippen LogP contribution is -2.49. The first-order valence-electron chi connectivity index (χ1n) is 12.6. The van der Waals surface area contributed by atoms with Crippen LogP contribution in [0.5, 0.6) is 0 Å². The van der Waals surface area contributed by atoms with Crippen molar-refractivity contribution in [3.8, 4) is 5.82 Å². The standard InChI is InChI=1S/C25H32N7O4S/c1-37(35,36)29-19-7-5-18(6-8-19)27-25-26-11-9-23(28-25)32-12-10-20-21(3-2-4-22(20)32)30-13-15-31(16-14-30)24(34)17-33/h2-4,9-12,18-19,29H,5-8,13-17H2,1H3,(H,26,27,28). The van der Waals surface area contributed by atoms with Crippen LogP contribution in [-0.4, -0.2) is 84.9 Å². The summed E-state index contributed by atoms with van der Waals surface area (Å²) in [6.45, 7) is 1.76. The Morgan fingerprint density at radius 1 is 1.03 bits per heavy atom. The number of fused-ring (bicyclic) bond motifs is 1. The summed E-state index contributed by atoms with van der Waals surface area (Å²) in [6, 6.07) is 10.3. The first-order valence-corrected chi connectivity index (χ1v) is 14.5. The molecule has 1 radical (unpaired) electrons. The molecule has 11 nitrogen and oxygen atoms in total. The van der Waals surface area contributed by atoms with Crippen LogP contribution in [0.3, 0.4) is 0 Å². The van der Waals surface area contributed by atoms with E-state index in [0.717, 1.165) is 48.1 Å². The van der Waals surface area contributed by atoms with E-state index < -0.39 is 16.6 Å². The second kappa shape index (κ2) is 10.6. The second-order valence-electron chi connectivity index (χ2n) is 9.73. The van der Waals surface area contributed by atoms with Gasteiger partial charge in [0.15, 0.2) is 6.61 Å². The molecule has 0 unspecified atom stereocenters. The number of carbonyl (C=O) groups excluding carboxylic acids is 1. The van der Waals surface area contributed by atoms with E-state index in [1.54, 1.807) is 11.1 Å². The van der Waals surface area contributed by atoms with E-state index in [9.17, 15) is 18.3 Å². The van der Waals surface area contributed by atoms with Gasteiger partial charge < -0.3 is 19.7 Å². The predicted molar refractivity (Wildman–Crippen MR) is 141 cm³/mol. The van der Waals surface area contributed by atoms with Crippen LogP contribution in [0.15, 0.2) is 42.7 Å². The van der Waals surface area contributed by atoms with Crippen molar-refractivity contribution >= 4 is 38.5 Å². The molecule has 2 fully saturated rings. The second-order valence-corrected chi connectivity index (χ2v) is 11.5. The zero-order valence-electron chi connectivity index (χ0n) is 20.8. The summed E-state index contributed by atoms with van der Waals surface area (Å²) in [5.74, 6) is 0.966. The monoisotopic (exact) mass is 526 g/mol. The zero-order valence-corrected chi connectivity index (χ0v) is 21.7. The van der Waals surface area contributed by atoms with Crippen LogP contribution < -0.4 is 14.9 Å². The molecule has 2 aliphatic rings. The third-order valence-corrected chi connectivity index (χ3v) is 7.90. The number of carbonyl (C=O) groups is 1. The number of nitrogens with zero attached hydrogens (tertiary/aromatic N) is 5. The number of nitrogens with one attached hydrogen (secondary N) is 2. The Kier molecular flexibility index (Phi) is 7.31. The quantitative estimate of drug-likeness (QED) is 0.479. The molecule has 197 valence electrons. The zero-order chi connectivity index (χ0) is 26.0. The van der Waals surface area contributed by atoms with Gasteiger partial charge in [0.25, 0.3) is 5.91 Å². The number of hydrogen-bond donors (Lipinski definition) is 2. The molecule has 2 N–H and O–H groups in total. The summed E-state index contributed by atoms with van der Waals surface area (Å²) in [7, 11) is -3.19. The molecule has 0 spiro atoms. The van der Waals surface area contributed by atoms with Gasteiger partial charge in [-0.05, 0) is 49.9 Å². The molecule has 3 heterocycles. The van der Waals surface area contributed by atoms with Crippen molar-refractivity contribution in [2.24, 2.45) is 0 Å². The van der Waals surface area contributed by atoms with Gasteiger partial charge in [0.1, 0.15) is 5.82 Å². The van der Waals surface area contributed by atoms with Crippen molar-refractivity contribution < 1.29 is 18.3 Å². The maximum atomic E-state index is 11.7. The first-order chi connectivity index (χ1) is 17.8. The molecule has 2 aromatic heterocycles. The van der Waals surface area contributed by atoms with Crippen LogP contribution in [-0.2, 0) is 19.9 Å². The molecular weight excluding hydrogens is 494 g/mol. The number of rotatable bonds is 7. The lowest BCUT2D eigenvalue weighted by molar-refractivity contribution is -0.136. The van der Waals surface area contributed by atoms with E-state index in [0.29, 0.717) is 32.1 Å². The van der Waals surface area contributed by atoms with E-state index in [-0.39, 0.29) is 18.0 Å². The van der Waals surface area contributed by atoms with Crippen molar-refractivity contribution in [2.45, 2.75) is 37.8 Å². The van der Waals surface area contributed by atoms with Crippen molar-refractivity contribution in [3.63, 3.8) is 0 Å². The summed E-state index contributed by atoms with van der Waals surface area (Å²) < 4.78 is 27.7. The average Bonchev–Trinajstić information content (AvgIpc) is 3.33. The molecule has 0 bridgehead atoms. The van der Waals surface area contributed by atoms with E-state index in [4.69, 9.17) is 4.98 Å². The fourth-order valence-corrected chi connectivity index (χ4v) is 6.15. The van der Waals surface area contributed by atoms with Crippen LogP contribution >= 0.6 is 0 Å². The van der Waals surface area contributed by atoms with Crippen LogP contribution in [0.2, 0.25) is 0 Å². The van der Waals surface area contributed by atoms with Crippen LogP contribution in [0, 0.1) is 0 Å². The van der Waals surface area contributed by atoms with E-state index >= 15 is 0 Å². The topological polar surface area (TPSA) is 132 Å². The summed E-state index contributed by atoms with van der Waals surface area (Å²) in [5, 5.41) is 15.5. The Morgan fingerprint density at radius 2 is 1.76 bits per heavy atom. The summed E-state index contributed by atoms with van der Waals surface area (Å²) in [4.78, 5) is 24.8. The number of amides is 1. The Balaban J connectivity index is 1.29. The molecule has 1 aliphatic heterocycles. The van der Waals surface area contributed by atoms with Gasteiger partial charge in [-0.1, -0.05) is 6.07 Å². The minimum atomic E-state index is -3.19. The van der Waals surface area contributed by atoms with E-state index in [2.05, 4.69) is 38.1 Å². The van der Waals surface area contributed by atoms with Gasteiger partial charge in [-0.2, -0.15) is 4.98 Å². The average molecular weight is 527 g/mol. The molecule has 37 heavy (non-hydrogen) atoms. The van der Waals surface area contributed by atoms with E-state index in [1.165, 1.54) is 6.26 Å². The highest BCUT2D eigenvalue weighted by atomic mass is 32.2. The lowest BCUT2D eigenvalue weighted by atomic mass is 9.92. The normalized spacial score (nSPS) is 20.8. The molecule has 1 saturated heterocycles. The Hall–Kier alpha value is -3.22. The van der Waals surface area contributed by atoms with Gasteiger partial charge in [0.2, 0.25) is 16.0 Å². The Morgan fingerprint density at radius 3 is 2.46 bits per heavy atom.